The van der Waals surface area contributed by atoms with E-state index in [1.165, 1.54) is 11.0 Å². The number of halogens is 1. The third-order valence-electron chi connectivity index (χ3n) is 13.0. The van der Waals surface area contributed by atoms with Gasteiger partial charge in [-0.2, -0.15) is 0 Å². The Labute approximate surface area is 377 Å². The summed E-state index contributed by atoms with van der Waals surface area (Å²) < 4.78 is 15.9. The van der Waals surface area contributed by atoms with Crippen LogP contribution in [0.25, 0.3) is 17.0 Å². The summed E-state index contributed by atoms with van der Waals surface area (Å²) in [4.78, 5) is 67.3. The molecule has 3 fully saturated rings. The molecule has 340 valence electrons. The van der Waals surface area contributed by atoms with Gasteiger partial charge in [0.1, 0.15) is 29.2 Å². The number of imide groups is 1. The summed E-state index contributed by atoms with van der Waals surface area (Å²) >= 11 is 0. The van der Waals surface area contributed by atoms with E-state index >= 15 is 0 Å². The van der Waals surface area contributed by atoms with Gasteiger partial charge in [-0.1, -0.05) is 43.9 Å². The lowest BCUT2D eigenvalue weighted by atomic mass is 10.0. The Morgan fingerprint density at radius 1 is 0.831 bits per heavy atom. The Balaban J connectivity index is 0.658. The lowest BCUT2D eigenvalue weighted by molar-refractivity contribution is -0.139. The summed E-state index contributed by atoms with van der Waals surface area (Å²) in [5.74, 6) is 0.173. The molecule has 0 bridgehead atoms. The number of hydrogen-bond acceptors (Lipinski definition) is 12. The number of hydrogen-bond donors (Lipinski definition) is 4. The van der Waals surface area contributed by atoms with Crippen LogP contribution in [0.1, 0.15) is 98.0 Å². The van der Waals surface area contributed by atoms with Crippen molar-refractivity contribution in [1.29, 1.82) is 0 Å². The Kier molecular flexibility index (Phi) is 13.3. The van der Waals surface area contributed by atoms with Gasteiger partial charge in [-0.15, -0.1) is 5.10 Å². The lowest BCUT2D eigenvalue weighted by Crippen LogP contribution is -2.53. The summed E-state index contributed by atoms with van der Waals surface area (Å²) in [6.45, 7) is 5.65. The topological polar surface area (TPSA) is 181 Å². The van der Waals surface area contributed by atoms with Gasteiger partial charge in [-0.3, -0.25) is 34.3 Å². The lowest BCUT2D eigenvalue weighted by Gasteiger charge is -2.35. The number of amides is 4. The molecule has 4 aliphatic rings. The van der Waals surface area contributed by atoms with Crippen LogP contribution < -0.4 is 25.8 Å². The Morgan fingerprint density at radius 3 is 2.45 bits per heavy atom. The molecule has 0 saturated carbocycles. The van der Waals surface area contributed by atoms with Crippen LogP contribution in [0.4, 0.5) is 21.7 Å². The number of unbranched alkanes of at least 4 members (excludes halogenated alkanes) is 5. The third-order valence-corrected chi connectivity index (χ3v) is 13.0. The number of fused-ring (bicyclic) bond motifs is 2. The molecule has 4 amide bonds. The number of aliphatic hydroxyl groups is 1. The van der Waals surface area contributed by atoms with Crippen molar-refractivity contribution < 1.29 is 28.7 Å². The van der Waals surface area contributed by atoms with Gasteiger partial charge in [0.15, 0.2) is 11.9 Å². The maximum absolute atomic E-state index is 14.1. The van der Waals surface area contributed by atoms with Gasteiger partial charge in [0, 0.05) is 69.0 Å². The number of anilines is 3. The number of nitrogens with one attached hydrogen (secondary N) is 3. The first-order valence-electron chi connectivity index (χ1n) is 23.0. The molecule has 17 heteroatoms. The molecular weight excluding hydrogens is 830 g/mol. The molecule has 9 rings (SSSR count). The standard InChI is InChI=1S/C48H56FN11O5/c49-33-11-7-10-32(28-33)38-13-9-23-58(38)43-19-18-41-52-30-40(60(41)55-43)37-12-8-14-42(53-37)57-26-24-56(25-27-57)31-45(62)51-22-6-4-2-1-3-5-21-50-34-15-16-35-36(29-34)48(65)59(47(35)64)39-17-20-44(61)54-46(39)63/h7-8,10-12,14-16,18-19,28-30,38-39,48,50,65H,1-6,9,13,17,20-27,31H2,(H,51,62)(H,54,61,63)/t38-,39?,48?/m1/s1. The first-order valence-corrected chi connectivity index (χ1v) is 23.0. The Morgan fingerprint density at radius 2 is 1.63 bits per heavy atom. The molecule has 0 radical (unpaired) electrons. The molecule has 3 aromatic heterocycles. The van der Waals surface area contributed by atoms with Crippen molar-refractivity contribution >= 4 is 46.6 Å². The normalized spacial score (nSPS) is 20.1. The van der Waals surface area contributed by atoms with Crippen molar-refractivity contribution in [3.05, 3.63) is 102 Å². The Bertz CT molecular complexity index is 2540. The quantitative estimate of drug-likeness (QED) is 0.0709. The molecule has 7 heterocycles. The number of carbonyl (C=O) groups is 4. The summed E-state index contributed by atoms with van der Waals surface area (Å²) in [6, 6.07) is 21.2. The minimum Gasteiger partial charge on any atom is -0.385 e. The van der Waals surface area contributed by atoms with E-state index in [0.29, 0.717) is 24.2 Å². The van der Waals surface area contributed by atoms with E-state index in [4.69, 9.17) is 10.1 Å². The highest BCUT2D eigenvalue weighted by Gasteiger charge is 2.44. The van der Waals surface area contributed by atoms with E-state index in [2.05, 4.69) is 35.6 Å². The number of pyridine rings is 1. The van der Waals surface area contributed by atoms with E-state index < -0.39 is 24.1 Å². The van der Waals surface area contributed by atoms with Crippen LogP contribution in [0.2, 0.25) is 0 Å². The average Bonchev–Trinajstić information content (AvgIpc) is 4.04. The fourth-order valence-corrected chi connectivity index (χ4v) is 9.59. The van der Waals surface area contributed by atoms with Crippen molar-refractivity contribution in [2.45, 2.75) is 82.5 Å². The first kappa shape index (κ1) is 43.8. The summed E-state index contributed by atoms with van der Waals surface area (Å²) in [5.41, 5.74) is 4.88. The molecule has 4 aliphatic heterocycles. The van der Waals surface area contributed by atoms with Crippen LogP contribution in [0.15, 0.2) is 79.0 Å². The van der Waals surface area contributed by atoms with Crippen molar-refractivity contribution in [2.75, 3.05) is 67.5 Å². The zero-order valence-electron chi connectivity index (χ0n) is 36.5. The van der Waals surface area contributed by atoms with E-state index in [9.17, 15) is 28.7 Å². The molecule has 2 aromatic carbocycles. The van der Waals surface area contributed by atoms with Crippen LogP contribution in [0, 0.1) is 5.82 Å². The van der Waals surface area contributed by atoms with Crippen LogP contribution in [0.3, 0.4) is 0 Å². The number of rotatable bonds is 17. The van der Waals surface area contributed by atoms with Gasteiger partial charge in [0.05, 0.1) is 24.5 Å². The number of carbonyl (C=O) groups excluding carboxylic acids is 4. The number of piperazine rings is 1. The van der Waals surface area contributed by atoms with Gasteiger partial charge in [0.2, 0.25) is 17.7 Å². The third kappa shape index (κ3) is 9.81. The van der Waals surface area contributed by atoms with Crippen molar-refractivity contribution in [3.8, 4) is 11.4 Å². The van der Waals surface area contributed by atoms with Crippen LogP contribution >= 0.6 is 0 Å². The van der Waals surface area contributed by atoms with Crippen LogP contribution in [-0.2, 0) is 14.4 Å². The summed E-state index contributed by atoms with van der Waals surface area (Å²) in [5, 5.41) is 24.7. The predicted molar refractivity (Wildman–Crippen MR) is 244 cm³/mol. The first-order chi connectivity index (χ1) is 31.7. The molecule has 0 aliphatic carbocycles. The highest BCUT2D eigenvalue weighted by molar-refractivity contribution is 6.06. The number of aromatic nitrogens is 4. The van der Waals surface area contributed by atoms with Gasteiger partial charge in [-0.05, 0) is 92.3 Å². The van der Waals surface area contributed by atoms with Crippen molar-refractivity contribution in [1.82, 2.24) is 40.0 Å². The highest BCUT2D eigenvalue weighted by Crippen LogP contribution is 2.38. The SMILES string of the molecule is O=C(CN1CCN(c2cccc(-c3cnc4ccc(N5CCC[C@@H]5c5cccc(F)c5)nn34)n2)CC1)NCCCCCCCCNc1ccc2c(c1)C(O)N(C1CCC(=O)NC1=O)C2=O. The van der Waals surface area contributed by atoms with Crippen molar-refractivity contribution in [2.24, 2.45) is 0 Å². The second-order valence-corrected chi connectivity index (χ2v) is 17.4. The summed E-state index contributed by atoms with van der Waals surface area (Å²) in [7, 11) is 0. The van der Waals surface area contributed by atoms with E-state index in [-0.39, 0.29) is 36.5 Å². The molecule has 3 saturated heterocycles. The summed E-state index contributed by atoms with van der Waals surface area (Å²) in [6.07, 6.45) is 8.99. The zero-order valence-corrected chi connectivity index (χ0v) is 36.5. The monoisotopic (exact) mass is 885 g/mol. The maximum atomic E-state index is 14.1. The second kappa shape index (κ2) is 19.7. The number of aliphatic hydroxyl groups excluding tert-OH is 1. The zero-order chi connectivity index (χ0) is 44.9. The van der Waals surface area contributed by atoms with Crippen molar-refractivity contribution in [3.63, 3.8) is 0 Å². The molecule has 3 atom stereocenters. The minimum atomic E-state index is -1.24. The smallest absolute Gasteiger partial charge is 0.257 e. The van der Waals surface area contributed by atoms with Gasteiger partial charge < -0.3 is 25.5 Å². The maximum Gasteiger partial charge on any atom is 0.257 e. The molecule has 0 spiro atoms. The van der Waals surface area contributed by atoms with Gasteiger partial charge in [-0.25, -0.2) is 18.9 Å². The number of imidazole rings is 1. The number of nitrogens with zero attached hydrogens (tertiary/aromatic N) is 8. The molecule has 65 heavy (non-hydrogen) atoms. The number of benzene rings is 2. The van der Waals surface area contributed by atoms with Gasteiger partial charge >= 0.3 is 0 Å². The fourth-order valence-electron chi connectivity index (χ4n) is 9.59. The van der Waals surface area contributed by atoms with E-state index in [1.807, 2.05) is 53.2 Å². The molecule has 2 unspecified atom stereocenters. The fraction of sp³-hybridized carbons (Fsp3) is 0.438. The van der Waals surface area contributed by atoms with Crippen LogP contribution in [-0.4, -0.2) is 117 Å². The van der Waals surface area contributed by atoms with Gasteiger partial charge in [0.25, 0.3) is 5.91 Å². The average molecular weight is 886 g/mol. The molecule has 16 nitrogen and oxygen atoms in total. The van der Waals surface area contributed by atoms with E-state index in [1.54, 1.807) is 24.3 Å². The predicted octanol–water partition coefficient (Wildman–Crippen LogP) is 5.21. The molecular formula is C48H56FN11O5. The molecule has 5 aromatic rings. The molecule has 4 N–H and O–H groups in total. The minimum absolute atomic E-state index is 0.0485. The highest BCUT2D eigenvalue weighted by atomic mass is 19.1. The van der Waals surface area contributed by atoms with E-state index in [0.717, 1.165) is 131 Å². The second-order valence-electron chi connectivity index (χ2n) is 17.4. The number of piperidine rings is 1. The van der Waals surface area contributed by atoms with Crippen LogP contribution in [0.5, 0.6) is 0 Å². The Hall–Kier alpha value is -6.46. The largest absolute Gasteiger partial charge is 0.385 e.